The van der Waals surface area contributed by atoms with Gasteiger partial charge in [0, 0.05) is 36.7 Å². The number of aromatic nitrogens is 4. The topological polar surface area (TPSA) is 79.3 Å². The summed E-state index contributed by atoms with van der Waals surface area (Å²) in [7, 11) is 4.20. The average molecular weight is 477 g/mol. The fourth-order valence-electron chi connectivity index (χ4n) is 6.17. The minimum Gasteiger partial charge on any atom is -0.356 e. The zero-order valence-electron chi connectivity index (χ0n) is 21.3. The molecule has 4 heterocycles. The van der Waals surface area contributed by atoms with E-state index in [0.29, 0.717) is 17.9 Å². The van der Waals surface area contributed by atoms with Gasteiger partial charge < -0.3 is 14.5 Å². The number of hydrogen-bond donors (Lipinski definition) is 1. The van der Waals surface area contributed by atoms with E-state index in [1.165, 1.54) is 22.9 Å². The Labute approximate surface area is 206 Å². The molecule has 2 fully saturated rings. The Bertz CT molecular complexity index is 1300. The van der Waals surface area contributed by atoms with Gasteiger partial charge in [0.05, 0.1) is 17.4 Å². The standard InChI is InChI=1S/C27H36N6O2/c1-16-8-9-23-21(13-28-33(23)24-7-5-6-10-35-24)25(16)19-12-22-20(11-17(19)2)26(34)30-27(29-22)32-14-18(15-32)31(3)4/h8-9,13,17-19,24H,5-7,10-12,14-15H2,1-4H3,(H,29,30,34)/t17-,19?,24?/m1/s1. The molecule has 3 aliphatic rings. The van der Waals surface area contributed by atoms with Gasteiger partial charge in [-0.25, -0.2) is 9.67 Å². The van der Waals surface area contributed by atoms with Crippen molar-refractivity contribution in [3.05, 3.63) is 51.1 Å². The van der Waals surface area contributed by atoms with Crippen molar-refractivity contribution >= 4 is 16.9 Å². The second-order valence-electron chi connectivity index (χ2n) is 11.0. The number of nitrogens with one attached hydrogen (secondary N) is 1. The zero-order valence-corrected chi connectivity index (χ0v) is 21.3. The number of nitrogens with zero attached hydrogens (tertiary/aromatic N) is 5. The maximum atomic E-state index is 13.0. The first-order valence-electron chi connectivity index (χ1n) is 13.0. The second kappa shape index (κ2) is 8.75. The van der Waals surface area contributed by atoms with Gasteiger partial charge in [-0.1, -0.05) is 13.0 Å². The van der Waals surface area contributed by atoms with E-state index < -0.39 is 0 Å². The second-order valence-corrected chi connectivity index (χ2v) is 11.0. The molecule has 1 N–H and O–H groups in total. The van der Waals surface area contributed by atoms with Crippen LogP contribution in [0.5, 0.6) is 0 Å². The van der Waals surface area contributed by atoms with Gasteiger partial charge in [0.15, 0.2) is 6.23 Å². The number of H-pyrrole nitrogens is 1. The summed E-state index contributed by atoms with van der Waals surface area (Å²) in [6.45, 7) is 7.06. The molecule has 186 valence electrons. The first kappa shape index (κ1) is 22.7. The number of benzene rings is 1. The van der Waals surface area contributed by atoms with Crippen molar-refractivity contribution in [1.82, 2.24) is 24.6 Å². The molecule has 2 unspecified atom stereocenters. The average Bonchev–Trinajstić information content (AvgIpc) is 3.23. The van der Waals surface area contributed by atoms with Gasteiger partial charge in [-0.15, -0.1) is 0 Å². The monoisotopic (exact) mass is 476 g/mol. The molecule has 8 nitrogen and oxygen atoms in total. The highest BCUT2D eigenvalue weighted by Gasteiger charge is 2.35. The quantitative estimate of drug-likeness (QED) is 0.622. The molecule has 0 radical (unpaired) electrons. The third kappa shape index (κ3) is 3.87. The van der Waals surface area contributed by atoms with E-state index in [1.807, 2.05) is 6.20 Å². The van der Waals surface area contributed by atoms with Gasteiger partial charge >= 0.3 is 0 Å². The smallest absolute Gasteiger partial charge is 0.255 e. The Kier molecular flexibility index (Phi) is 5.68. The van der Waals surface area contributed by atoms with Crippen LogP contribution in [0.4, 0.5) is 5.95 Å². The highest BCUT2D eigenvalue weighted by atomic mass is 16.5. The van der Waals surface area contributed by atoms with Crippen molar-refractivity contribution in [2.75, 3.05) is 38.7 Å². The van der Waals surface area contributed by atoms with Crippen molar-refractivity contribution in [3.63, 3.8) is 0 Å². The van der Waals surface area contributed by atoms with Crippen molar-refractivity contribution in [3.8, 4) is 0 Å². The van der Waals surface area contributed by atoms with Gasteiger partial charge in [0.25, 0.3) is 5.56 Å². The van der Waals surface area contributed by atoms with Crippen LogP contribution in [0.2, 0.25) is 0 Å². The van der Waals surface area contributed by atoms with E-state index in [9.17, 15) is 4.79 Å². The Morgan fingerprint density at radius 1 is 1.17 bits per heavy atom. The number of aryl methyl sites for hydroxylation is 1. The lowest BCUT2D eigenvalue weighted by molar-refractivity contribution is -0.0366. The molecule has 3 aromatic rings. The molecule has 2 aliphatic heterocycles. The van der Waals surface area contributed by atoms with E-state index in [-0.39, 0.29) is 11.8 Å². The fourth-order valence-corrected chi connectivity index (χ4v) is 6.17. The number of hydrogen-bond acceptors (Lipinski definition) is 6. The van der Waals surface area contributed by atoms with Crippen LogP contribution in [0.1, 0.15) is 60.7 Å². The molecule has 1 aliphatic carbocycles. The van der Waals surface area contributed by atoms with Crippen LogP contribution in [-0.2, 0) is 17.6 Å². The lowest BCUT2D eigenvalue weighted by Crippen LogP contribution is -2.58. The molecule has 35 heavy (non-hydrogen) atoms. The number of aromatic amines is 1. The van der Waals surface area contributed by atoms with Crippen LogP contribution in [0.3, 0.4) is 0 Å². The number of rotatable bonds is 4. The minimum absolute atomic E-state index is 0.0200. The van der Waals surface area contributed by atoms with Gasteiger partial charge in [-0.2, -0.15) is 5.10 Å². The van der Waals surface area contributed by atoms with E-state index >= 15 is 0 Å². The molecule has 3 atom stereocenters. The first-order chi connectivity index (χ1) is 16.9. The highest BCUT2D eigenvalue weighted by molar-refractivity contribution is 5.84. The molecule has 0 spiro atoms. The molecule has 2 aromatic heterocycles. The van der Waals surface area contributed by atoms with Crippen LogP contribution in [0.25, 0.3) is 10.9 Å². The van der Waals surface area contributed by atoms with Gasteiger partial charge in [-0.05, 0) is 82.2 Å². The maximum Gasteiger partial charge on any atom is 0.255 e. The lowest BCUT2D eigenvalue weighted by atomic mass is 9.73. The fraction of sp³-hybridized carbons (Fsp3) is 0.593. The van der Waals surface area contributed by atoms with Crippen molar-refractivity contribution in [2.45, 2.75) is 64.1 Å². The number of anilines is 1. The van der Waals surface area contributed by atoms with Crippen LogP contribution >= 0.6 is 0 Å². The molecule has 0 bridgehead atoms. The molecule has 1 aromatic carbocycles. The van der Waals surface area contributed by atoms with Crippen molar-refractivity contribution < 1.29 is 4.74 Å². The summed E-state index contributed by atoms with van der Waals surface area (Å²) in [6.07, 6.45) is 6.88. The largest absolute Gasteiger partial charge is 0.356 e. The van der Waals surface area contributed by atoms with E-state index in [2.05, 4.69) is 59.5 Å². The first-order valence-corrected chi connectivity index (χ1v) is 13.0. The van der Waals surface area contributed by atoms with Crippen LogP contribution < -0.4 is 10.5 Å². The minimum atomic E-state index is 0.0200. The van der Waals surface area contributed by atoms with Crippen molar-refractivity contribution in [2.24, 2.45) is 5.92 Å². The van der Waals surface area contributed by atoms with E-state index in [0.717, 1.165) is 68.1 Å². The zero-order chi connectivity index (χ0) is 24.3. The predicted molar refractivity (Wildman–Crippen MR) is 137 cm³/mol. The summed E-state index contributed by atoms with van der Waals surface area (Å²) in [5.41, 5.74) is 5.62. The van der Waals surface area contributed by atoms with Gasteiger partial charge in [-0.3, -0.25) is 9.78 Å². The van der Waals surface area contributed by atoms with Crippen LogP contribution in [0, 0.1) is 12.8 Å². The van der Waals surface area contributed by atoms with Gasteiger partial charge in [0.2, 0.25) is 5.95 Å². The normalized spacial score (nSPS) is 25.2. The van der Waals surface area contributed by atoms with E-state index in [4.69, 9.17) is 14.8 Å². The van der Waals surface area contributed by atoms with Crippen LogP contribution in [-0.4, -0.2) is 64.5 Å². The summed E-state index contributed by atoms with van der Waals surface area (Å²) < 4.78 is 8.12. The molecule has 0 amide bonds. The van der Waals surface area contributed by atoms with E-state index in [1.54, 1.807) is 0 Å². The highest BCUT2D eigenvalue weighted by Crippen LogP contribution is 2.41. The molecule has 8 heteroatoms. The summed E-state index contributed by atoms with van der Waals surface area (Å²) in [6, 6.07) is 4.92. The van der Waals surface area contributed by atoms with Crippen molar-refractivity contribution in [1.29, 1.82) is 0 Å². The summed E-state index contributed by atoms with van der Waals surface area (Å²) in [4.78, 5) is 25.5. The number of fused-ring (bicyclic) bond motifs is 2. The summed E-state index contributed by atoms with van der Waals surface area (Å²) in [5, 5.41) is 6.00. The SMILES string of the molecule is Cc1ccc2c(cnn2C2CCCCO2)c1C1Cc2nc(N3CC(N(C)C)C3)[nH]c(=O)c2C[C@H]1C. The third-order valence-corrected chi connectivity index (χ3v) is 8.45. The number of ether oxygens (including phenoxy) is 1. The molecular formula is C27H36N6O2. The molecule has 2 saturated heterocycles. The Morgan fingerprint density at radius 3 is 2.74 bits per heavy atom. The van der Waals surface area contributed by atoms with Gasteiger partial charge in [0.1, 0.15) is 0 Å². The Balaban J connectivity index is 1.35. The molecular weight excluding hydrogens is 440 g/mol. The summed E-state index contributed by atoms with van der Waals surface area (Å²) >= 11 is 0. The number of likely N-dealkylation sites (N-methyl/N-ethyl adjacent to an activating group) is 1. The summed E-state index contributed by atoms with van der Waals surface area (Å²) in [5.74, 6) is 1.36. The predicted octanol–water partition coefficient (Wildman–Crippen LogP) is 3.40. The maximum absolute atomic E-state index is 13.0. The Morgan fingerprint density at radius 2 is 2.00 bits per heavy atom. The van der Waals surface area contributed by atoms with Crippen LogP contribution in [0.15, 0.2) is 23.1 Å². The molecule has 6 rings (SSSR count). The molecule has 0 saturated carbocycles. The Hall–Kier alpha value is -2.71. The lowest BCUT2D eigenvalue weighted by Gasteiger charge is -2.43. The third-order valence-electron chi connectivity index (χ3n) is 8.45.